The molecule has 6 heteroatoms. The number of pyridine rings is 1. The van der Waals surface area contributed by atoms with E-state index in [1.807, 2.05) is 23.5 Å². The van der Waals surface area contributed by atoms with Crippen LogP contribution < -0.4 is 11.1 Å². The first-order valence-electron chi connectivity index (χ1n) is 8.53. The second-order valence-corrected chi connectivity index (χ2v) is 7.18. The fourth-order valence-electron chi connectivity index (χ4n) is 3.28. The smallest absolute Gasteiger partial charge is 0.163 e. The van der Waals surface area contributed by atoms with Gasteiger partial charge in [-0.25, -0.2) is 9.97 Å². The van der Waals surface area contributed by atoms with Crippen LogP contribution in [0.15, 0.2) is 24.5 Å². The van der Waals surface area contributed by atoms with Gasteiger partial charge < -0.3 is 11.1 Å². The number of aromatic nitrogens is 3. The van der Waals surface area contributed by atoms with Crippen LogP contribution in [0.2, 0.25) is 0 Å². The minimum Gasteiger partial charge on any atom is -0.368 e. The van der Waals surface area contributed by atoms with Gasteiger partial charge in [-0.15, -0.1) is 11.3 Å². The van der Waals surface area contributed by atoms with Crippen LogP contribution in [0.1, 0.15) is 29.7 Å². The third kappa shape index (κ3) is 2.87. The van der Waals surface area contributed by atoms with Crippen LogP contribution in [-0.2, 0) is 12.8 Å². The SMILES string of the molecule is NCCNc1nc(-c2ccncc2)nc2sc3c(c12)CCCCC3. The second kappa shape index (κ2) is 6.83. The van der Waals surface area contributed by atoms with E-state index in [4.69, 9.17) is 15.7 Å². The van der Waals surface area contributed by atoms with Crippen molar-refractivity contribution in [2.45, 2.75) is 32.1 Å². The van der Waals surface area contributed by atoms with Crippen LogP contribution in [0.4, 0.5) is 5.82 Å². The number of fused-ring (bicyclic) bond motifs is 3. The third-order valence-electron chi connectivity index (χ3n) is 4.44. The quantitative estimate of drug-likeness (QED) is 0.713. The lowest BCUT2D eigenvalue weighted by Gasteiger charge is -2.10. The van der Waals surface area contributed by atoms with Crippen molar-refractivity contribution in [2.24, 2.45) is 5.73 Å². The molecular formula is C18H21N5S. The minimum absolute atomic E-state index is 0.586. The molecule has 0 saturated carbocycles. The highest BCUT2D eigenvalue weighted by Crippen LogP contribution is 2.38. The van der Waals surface area contributed by atoms with Crippen LogP contribution in [0, 0.1) is 0 Å². The lowest BCUT2D eigenvalue weighted by atomic mass is 10.1. The number of hydrogen-bond acceptors (Lipinski definition) is 6. The van der Waals surface area contributed by atoms with E-state index in [0.717, 1.165) is 34.9 Å². The molecule has 0 aliphatic heterocycles. The monoisotopic (exact) mass is 339 g/mol. The predicted octanol–water partition coefficient (Wildman–Crippen LogP) is 3.39. The molecule has 1 aliphatic carbocycles. The second-order valence-electron chi connectivity index (χ2n) is 6.09. The zero-order valence-corrected chi connectivity index (χ0v) is 14.4. The van der Waals surface area contributed by atoms with Gasteiger partial charge in [0.2, 0.25) is 0 Å². The van der Waals surface area contributed by atoms with Crippen molar-refractivity contribution < 1.29 is 0 Å². The molecule has 0 spiro atoms. The Morgan fingerprint density at radius 1 is 1.08 bits per heavy atom. The van der Waals surface area contributed by atoms with Crippen molar-refractivity contribution in [3.8, 4) is 11.4 Å². The molecule has 0 atom stereocenters. The molecule has 0 fully saturated rings. The normalized spacial score (nSPS) is 14.4. The predicted molar refractivity (Wildman–Crippen MR) is 99.4 cm³/mol. The summed E-state index contributed by atoms with van der Waals surface area (Å²) in [6, 6.07) is 3.90. The number of nitrogens with zero attached hydrogens (tertiary/aromatic N) is 3. The molecule has 0 unspecified atom stereocenters. The van der Waals surface area contributed by atoms with Crippen LogP contribution >= 0.6 is 11.3 Å². The van der Waals surface area contributed by atoms with Crippen LogP contribution in [-0.4, -0.2) is 28.0 Å². The van der Waals surface area contributed by atoms with E-state index in [0.29, 0.717) is 13.1 Å². The molecule has 0 saturated heterocycles. The molecule has 3 N–H and O–H groups in total. The Labute approximate surface area is 145 Å². The molecule has 24 heavy (non-hydrogen) atoms. The molecule has 3 aromatic rings. The summed E-state index contributed by atoms with van der Waals surface area (Å²) in [6.07, 6.45) is 9.68. The summed E-state index contributed by atoms with van der Waals surface area (Å²) in [4.78, 5) is 16.3. The highest BCUT2D eigenvalue weighted by Gasteiger charge is 2.20. The minimum atomic E-state index is 0.586. The summed E-state index contributed by atoms with van der Waals surface area (Å²) in [5.41, 5.74) is 8.14. The number of nitrogens with two attached hydrogens (primary N) is 1. The Hall–Kier alpha value is -2.05. The largest absolute Gasteiger partial charge is 0.368 e. The van der Waals surface area contributed by atoms with Gasteiger partial charge in [-0.3, -0.25) is 4.98 Å². The first kappa shape index (κ1) is 15.5. The first-order valence-corrected chi connectivity index (χ1v) is 9.35. The fraction of sp³-hybridized carbons (Fsp3) is 0.389. The first-order chi connectivity index (χ1) is 11.9. The lowest BCUT2D eigenvalue weighted by Crippen LogP contribution is -2.14. The summed E-state index contributed by atoms with van der Waals surface area (Å²) in [6.45, 7) is 1.30. The van der Waals surface area contributed by atoms with Gasteiger partial charge in [0, 0.05) is 35.9 Å². The van der Waals surface area contributed by atoms with E-state index in [1.54, 1.807) is 12.4 Å². The Morgan fingerprint density at radius 3 is 2.75 bits per heavy atom. The zero-order chi connectivity index (χ0) is 16.4. The summed E-state index contributed by atoms with van der Waals surface area (Å²) in [5, 5.41) is 4.63. The van der Waals surface area contributed by atoms with Gasteiger partial charge in [-0.2, -0.15) is 0 Å². The summed E-state index contributed by atoms with van der Waals surface area (Å²) in [5.74, 6) is 1.68. The highest BCUT2D eigenvalue weighted by molar-refractivity contribution is 7.19. The lowest BCUT2D eigenvalue weighted by molar-refractivity contribution is 0.713. The van der Waals surface area contributed by atoms with Crippen molar-refractivity contribution in [1.29, 1.82) is 0 Å². The van der Waals surface area contributed by atoms with Gasteiger partial charge in [0.25, 0.3) is 0 Å². The van der Waals surface area contributed by atoms with E-state index >= 15 is 0 Å². The Balaban J connectivity index is 1.89. The van der Waals surface area contributed by atoms with Gasteiger partial charge in [0.1, 0.15) is 10.6 Å². The van der Waals surface area contributed by atoms with Crippen molar-refractivity contribution >= 4 is 27.4 Å². The van der Waals surface area contributed by atoms with Gasteiger partial charge >= 0.3 is 0 Å². The molecule has 1 aliphatic rings. The standard InChI is InChI=1S/C18H21N5S/c19-8-11-21-17-15-13-4-2-1-3-5-14(13)24-18(15)23-16(22-17)12-6-9-20-10-7-12/h6-7,9-10H,1-5,8,11,19H2,(H,21,22,23). The molecule has 3 heterocycles. The van der Waals surface area contributed by atoms with Crippen molar-refractivity contribution in [3.05, 3.63) is 35.0 Å². The maximum atomic E-state index is 5.70. The number of nitrogens with one attached hydrogen (secondary N) is 1. The third-order valence-corrected chi connectivity index (χ3v) is 5.63. The molecule has 4 rings (SSSR count). The molecule has 0 bridgehead atoms. The van der Waals surface area contributed by atoms with Gasteiger partial charge in [-0.05, 0) is 43.4 Å². The Kier molecular flexibility index (Phi) is 4.40. The van der Waals surface area contributed by atoms with E-state index in [2.05, 4.69) is 10.3 Å². The van der Waals surface area contributed by atoms with E-state index in [1.165, 1.54) is 35.1 Å². The summed E-state index contributed by atoms with van der Waals surface area (Å²) >= 11 is 1.83. The maximum Gasteiger partial charge on any atom is 0.163 e. The molecule has 0 amide bonds. The summed E-state index contributed by atoms with van der Waals surface area (Å²) in [7, 11) is 0. The van der Waals surface area contributed by atoms with Gasteiger partial charge in [0.05, 0.1) is 5.39 Å². The average Bonchev–Trinajstić information content (AvgIpc) is 2.82. The molecule has 0 radical (unpaired) electrons. The van der Waals surface area contributed by atoms with E-state index < -0.39 is 0 Å². The van der Waals surface area contributed by atoms with E-state index in [-0.39, 0.29) is 0 Å². The molecule has 0 aromatic carbocycles. The van der Waals surface area contributed by atoms with Crippen molar-refractivity contribution in [2.75, 3.05) is 18.4 Å². The highest BCUT2D eigenvalue weighted by atomic mass is 32.1. The fourth-order valence-corrected chi connectivity index (χ4v) is 4.54. The average molecular weight is 339 g/mol. The number of thiophene rings is 1. The molecule has 3 aromatic heterocycles. The van der Waals surface area contributed by atoms with Crippen molar-refractivity contribution in [3.63, 3.8) is 0 Å². The van der Waals surface area contributed by atoms with Crippen LogP contribution in [0.5, 0.6) is 0 Å². The molecule has 5 nitrogen and oxygen atoms in total. The van der Waals surface area contributed by atoms with E-state index in [9.17, 15) is 0 Å². The number of aryl methyl sites for hydroxylation is 2. The molecular weight excluding hydrogens is 318 g/mol. The Bertz CT molecular complexity index is 843. The number of anilines is 1. The molecule has 124 valence electrons. The van der Waals surface area contributed by atoms with Gasteiger partial charge in [-0.1, -0.05) is 6.42 Å². The van der Waals surface area contributed by atoms with Crippen LogP contribution in [0.3, 0.4) is 0 Å². The zero-order valence-electron chi connectivity index (χ0n) is 13.6. The summed E-state index contributed by atoms with van der Waals surface area (Å²) < 4.78 is 0. The number of rotatable bonds is 4. The van der Waals surface area contributed by atoms with Gasteiger partial charge in [0.15, 0.2) is 5.82 Å². The topological polar surface area (TPSA) is 76.7 Å². The Morgan fingerprint density at radius 2 is 1.92 bits per heavy atom. The number of hydrogen-bond donors (Lipinski definition) is 2. The van der Waals surface area contributed by atoms with Crippen molar-refractivity contribution in [1.82, 2.24) is 15.0 Å². The maximum absolute atomic E-state index is 5.70. The van der Waals surface area contributed by atoms with Crippen LogP contribution in [0.25, 0.3) is 21.6 Å².